The number of unbranched alkanes of at least 4 members (excludes halogenated alkanes) is 4. The highest BCUT2D eigenvalue weighted by Gasteiger charge is 2.04. The summed E-state index contributed by atoms with van der Waals surface area (Å²) < 4.78 is 5.64. The summed E-state index contributed by atoms with van der Waals surface area (Å²) in [7, 11) is 0. The molecule has 2 aromatic rings. The van der Waals surface area contributed by atoms with Crippen LogP contribution in [0.5, 0.6) is 5.75 Å². The average molecular weight is 337 g/mol. The Hall–Kier alpha value is -2.02. The van der Waals surface area contributed by atoms with Crippen molar-refractivity contribution in [3.05, 3.63) is 71.8 Å². The van der Waals surface area contributed by atoms with E-state index in [4.69, 9.17) is 4.74 Å². The van der Waals surface area contributed by atoms with Gasteiger partial charge in [0, 0.05) is 0 Å². The zero-order valence-corrected chi connectivity index (χ0v) is 15.9. The molecule has 1 nitrogen and oxygen atoms in total. The Balaban J connectivity index is 1.89. The highest BCUT2D eigenvalue weighted by atomic mass is 16.5. The maximum Gasteiger partial charge on any atom is 0.119 e. The van der Waals surface area contributed by atoms with Gasteiger partial charge >= 0.3 is 0 Å². The van der Waals surface area contributed by atoms with Crippen LogP contribution in [0.1, 0.15) is 69.1 Å². The van der Waals surface area contributed by atoms with Gasteiger partial charge in [0.1, 0.15) is 5.75 Å². The van der Waals surface area contributed by atoms with Crippen molar-refractivity contribution < 1.29 is 4.74 Å². The first-order valence-electron chi connectivity index (χ1n) is 9.76. The van der Waals surface area contributed by atoms with E-state index in [0.717, 1.165) is 29.9 Å². The Labute approximate surface area is 153 Å². The Kier molecular flexibility index (Phi) is 8.31. The number of ether oxygens (including phenoxy) is 1. The molecule has 0 unspecified atom stereocenters. The highest BCUT2D eigenvalue weighted by molar-refractivity contribution is 5.78. The van der Waals surface area contributed by atoms with Crippen LogP contribution < -0.4 is 4.74 Å². The average Bonchev–Trinajstić information content (AvgIpc) is 2.66. The number of rotatable bonds is 11. The van der Waals surface area contributed by atoms with E-state index in [2.05, 4.69) is 56.8 Å². The van der Waals surface area contributed by atoms with E-state index < -0.39 is 0 Å². The van der Waals surface area contributed by atoms with Gasteiger partial charge < -0.3 is 4.74 Å². The zero-order valence-electron chi connectivity index (χ0n) is 15.9. The first-order valence-corrected chi connectivity index (χ1v) is 9.76. The van der Waals surface area contributed by atoms with E-state index in [9.17, 15) is 0 Å². The quantitative estimate of drug-likeness (QED) is 0.399. The third-order valence-corrected chi connectivity index (χ3v) is 4.55. The smallest absolute Gasteiger partial charge is 0.119 e. The molecule has 25 heavy (non-hydrogen) atoms. The van der Waals surface area contributed by atoms with Crippen molar-refractivity contribution in [2.75, 3.05) is 6.61 Å². The summed E-state index contributed by atoms with van der Waals surface area (Å²) in [6, 6.07) is 17.1. The molecule has 0 N–H and O–H groups in total. The van der Waals surface area contributed by atoms with Crippen LogP contribution in [0.3, 0.4) is 0 Å². The Morgan fingerprint density at radius 3 is 1.96 bits per heavy atom. The van der Waals surface area contributed by atoms with Gasteiger partial charge in [0.05, 0.1) is 6.61 Å². The van der Waals surface area contributed by atoms with Crippen LogP contribution in [0.2, 0.25) is 0 Å². The molecule has 0 fully saturated rings. The highest BCUT2D eigenvalue weighted by Crippen LogP contribution is 2.24. The lowest BCUT2D eigenvalue weighted by molar-refractivity contribution is 0.317. The van der Waals surface area contributed by atoms with E-state index in [1.807, 2.05) is 12.1 Å². The summed E-state index contributed by atoms with van der Waals surface area (Å²) in [6.45, 7) is 9.41. The molecular formula is C24H32O. The van der Waals surface area contributed by atoms with Gasteiger partial charge in [0.2, 0.25) is 0 Å². The molecule has 0 bridgehead atoms. The third kappa shape index (κ3) is 6.42. The second kappa shape index (κ2) is 10.8. The molecular weight excluding hydrogens is 304 g/mol. The molecule has 0 aliphatic heterocycles. The normalized spacial score (nSPS) is 10.6. The van der Waals surface area contributed by atoms with Gasteiger partial charge in [-0.15, -0.1) is 0 Å². The zero-order chi connectivity index (χ0) is 17.9. The van der Waals surface area contributed by atoms with Gasteiger partial charge in [0.25, 0.3) is 0 Å². The third-order valence-electron chi connectivity index (χ3n) is 4.55. The predicted molar refractivity (Wildman–Crippen MR) is 109 cm³/mol. The van der Waals surface area contributed by atoms with E-state index >= 15 is 0 Å². The summed E-state index contributed by atoms with van der Waals surface area (Å²) in [5, 5.41) is 0. The van der Waals surface area contributed by atoms with E-state index in [1.165, 1.54) is 49.7 Å². The van der Waals surface area contributed by atoms with Crippen LogP contribution in [-0.2, 0) is 6.42 Å². The molecule has 0 aliphatic rings. The minimum atomic E-state index is 0.764. The maximum atomic E-state index is 5.64. The summed E-state index contributed by atoms with van der Waals surface area (Å²) in [5.41, 5.74) is 4.83. The SMILES string of the molecule is C=C(c1ccc(CCCCCCC)cc1)c1ccc(OCCC)cc1. The predicted octanol–water partition coefficient (Wildman–Crippen LogP) is 7.05. The topological polar surface area (TPSA) is 9.23 Å². The summed E-state index contributed by atoms with van der Waals surface area (Å²) >= 11 is 0. The van der Waals surface area contributed by atoms with Crippen molar-refractivity contribution in [3.63, 3.8) is 0 Å². The fourth-order valence-corrected chi connectivity index (χ4v) is 2.94. The molecule has 0 heterocycles. The molecule has 0 radical (unpaired) electrons. The van der Waals surface area contributed by atoms with Crippen LogP contribution in [0.25, 0.3) is 5.57 Å². The standard InChI is InChI=1S/C24H32O/c1-4-6-7-8-9-10-21-11-13-22(14-12-21)20(3)23-15-17-24(18-16-23)25-19-5-2/h11-18H,3-10,19H2,1-2H3. The lowest BCUT2D eigenvalue weighted by Crippen LogP contribution is -1.95. The second-order valence-electron chi connectivity index (χ2n) is 6.71. The summed E-state index contributed by atoms with van der Waals surface area (Å²) in [5.74, 6) is 0.928. The second-order valence-corrected chi connectivity index (χ2v) is 6.71. The first kappa shape index (κ1) is 19.3. The minimum absolute atomic E-state index is 0.764. The van der Waals surface area contributed by atoms with Gasteiger partial charge in [-0.25, -0.2) is 0 Å². The van der Waals surface area contributed by atoms with Gasteiger partial charge in [0.15, 0.2) is 0 Å². The molecule has 0 amide bonds. The van der Waals surface area contributed by atoms with Crippen molar-refractivity contribution in [1.29, 1.82) is 0 Å². The molecule has 0 atom stereocenters. The molecule has 2 aromatic carbocycles. The van der Waals surface area contributed by atoms with Crippen molar-refractivity contribution in [2.24, 2.45) is 0 Å². The number of benzene rings is 2. The monoisotopic (exact) mass is 336 g/mol. The molecule has 1 heteroatoms. The van der Waals surface area contributed by atoms with Crippen LogP contribution in [0.4, 0.5) is 0 Å². The maximum absolute atomic E-state index is 5.64. The molecule has 134 valence electrons. The van der Waals surface area contributed by atoms with E-state index in [-0.39, 0.29) is 0 Å². The number of hydrogen-bond acceptors (Lipinski definition) is 1. The van der Waals surface area contributed by atoms with Crippen LogP contribution in [0.15, 0.2) is 55.1 Å². The minimum Gasteiger partial charge on any atom is -0.494 e. The Morgan fingerprint density at radius 1 is 0.760 bits per heavy atom. The van der Waals surface area contributed by atoms with Gasteiger partial charge in [-0.1, -0.05) is 82.5 Å². The first-order chi connectivity index (χ1) is 12.2. The van der Waals surface area contributed by atoms with E-state index in [0.29, 0.717) is 0 Å². The van der Waals surface area contributed by atoms with Gasteiger partial charge in [-0.3, -0.25) is 0 Å². The van der Waals surface area contributed by atoms with Gasteiger partial charge in [-0.05, 0) is 53.7 Å². The van der Waals surface area contributed by atoms with Crippen LogP contribution in [-0.4, -0.2) is 6.61 Å². The fourth-order valence-electron chi connectivity index (χ4n) is 2.94. The molecule has 0 saturated heterocycles. The number of hydrogen-bond donors (Lipinski definition) is 0. The van der Waals surface area contributed by atoms with E-state index in [1.54, 1.807) is 0 Å². The van der Waals surface area contributed by atoms with Crippen molar-refractivity contribution >= 4 is 5.57 Å². The van der Waals surface area contributed by atoms with Crippen molar-refractivity contribution in [2.45, 2.75) is 58.8 Å². The summed E-state index contributed by atoms with van der Waals surface area (Å²) in [4.78, 5) is 0. The molecule has 0 saturated carbocycles. The van der Waals surface area contributed by atoms with Gasteiger partial charge in [-0.2, -0.15) is 0 Å². The Bertz CT molecular complexity index is 622. The molecule has 2 rings (SSSR count). The lowest BCUT2D eigenvalue weighted by atomic mass is 9.97. The Morgan fingerprint density at radius 2 is 1.36 bits per heavy atom. The largest absolute Gasteiger partial charge is 0.494 e. The van der Waals surface area contributed by atoms with Crippen molar-refractivity contribution in [1.82, 2.24) is 0 Å². The van der Waals surface area contributed by atoms with Crippen LogP contribution >= 0.6 is 0 Å². The lowest BCUT2D eigenvalue weighted by Gasteiger charge is -2.10. The molecule has 0 aliphatic carbocycles. The summed E-state index contributed by atoms with van der Waals surface area (Å²) in [6.07, 6.45) is 8.88. The molecule has 0 spiro atoms. The molecule has 0 aromatic heterocycles. The fraction of sp³-hybridized carbons (Fsp3) is 0.417. The number of aryl methyl sites for hydroxylation is 1. The van der Waals surface area contributed by atoms with Crippen molar-refractivity contribution in [3.8, 4) is 5.75 Å². The van der Waals surface area contributed by atoms with Crippen LogP contribution in [0, 0.1) is 0 Å².